The van der Waals surface area contributed by atoms with Gasteiger partial charge in [-0.2, -0.15) is 4.98 Å². The zero-order chi connectivity index (χ0) is 32.5. The molecule has 24 heteroatoms. The Morgan fingerprint density at radius 1 is 0.957 bits per heavy atom. The third-order valence-corrected chi connectivity index (χ3v) is 9.61. The number of halogens is 1. The number of nitrogen functional groups attached to an aromatic ring is 2. The molecule has 0 aromatic carbocycles. The molecular weight excluding hydrogens is 663 g/mol. The Kier molecular flexibility index (Phi) is 7.73. The third kappa shape index (κ3) is 5.50. The van der Waals surface area contributed by atoms with Crippen molar-refractivity contribution >= 4 is 49.4 Å². The molecule has 4 unspecified atom stereocenters. The second-order valence-corrected chi connectivity index (χ2v) is 13.8. The number of hydrogen-bond donors (Lipinski definition) is 6. The highest BCUT2D eigenvalue weighted by atomic mass is 31.2. The predicted octanol–water partition coefficient (Wildman–Crippen LogP) is -0.717. The summed E-state index contributed by atoms with van der Waals surface area (Å²) in [5, 5.41) is 11.2. The Labute approximate surface area is 255 Å². The van der Waals surface area contributed by atoms with E-state index in [1.807, 2.05) is 0 Å². The van der Waals surface area contributed by atoms with Crippen LogP contribution in [0.15, 0.2) is 29.7 Å². The van der Waals surface area contributed by atoms with Crippen LogP contribution in [-0.2, 0) is 36.9 Å². The average molecular weight is 689 g/mol. The lowest BCUT2D eigenvalue weighted by atomic mass is 10.1. The molecule has 10 atom stereocenters. The predicted molar refractivity (Wildman–Crippen MR) is 149 cm³/mol. The first-order chi connectivity index (χ1) is 21.8. The van der Waals surface area contributed by atoms with Crippen molar-refractivity contribution in [3.63, 3.8) is 0 Å². The molecule has 7 rings (SSSR count). The van der Waals surface area contributed by atoms with Crippen molar-refractivity contribution in [3.05, 3.63) is 35.3 Å². The molecule has 21 nitrogen and oxygen atoms in total. The van der Waals surface area contributed by atoms with Crippen molar-refractivity contribution in [2.75, 3.05) is 31.0 Å². The summed E-state index contributed by atoms with van der Waals surface area (Å²) in [7, 11) is -9.81. The lowest BCUT2D eigenvalue weighted by Gasteiger charge is -2.25. The molecule has 7 heterocycles. The number of alkyl halides is 1. The molecule has 2 bridgehead atoms. The van der Waals surface area contributed by atoms with Crippen LogP contribution in [0.5, 0.6) is 0 Å². The van der Waals surface area contributed by atoms with Crippen molar-refractivity contribution in [1.82, 2.24) is 34.1 Å². The van der Waals surface area contributed by atoms with Crippen molar-refractivity contribution in [2.45, 2.75) is 49.1 Å². The lowest BCUT2D eigenvalue weighted by Crippen LogP contribution is -2.37. The number of aliphatic hydroxyl groups excluding tert-OH is 1. The van der Waals surface area contributed by atoms with Gasteiger partial charge in [-0.25, -0.2) is 23.9 Å². The molecule has 3 aliphatic heterocycles. The van der Waals surface area contributed by atoms with Gasteiger partial charge in [0.1, 0.15) is 42.4 Å². The van der Waals surface area contributed by atoms with Gasteiger partial charge in [-0.3, -0.25) is 32.5 Å². The Morgan fingerprint density at radius 2 is 1.65 bits per heavy atom. The van der Waals surface area contributed by atoms with Gasteiger partial charge in [-0.1, -0.05) is 0 Å². The van der Waals surface area contributed by atoms with E-state index in [4.69, 9.17) is 39.2 Å². The van der Waals surface area contributed by atoms with E-state index in [1.165, 1.54) is 23.2 Å². The van der Waals surface area contributed by atoms with Gasteiger partial charge in [0.05, 0.1) is 31.6 Å². The van der Waals surface area contributed by atoms with Gasteiger partial charge in [0.2, 0.25) is 5.95 Å². The number of aromatic amines is 1. The second-order valence-electron chi connectivity index (χ2n) is 10.6. The van der Waals surface area contributed by atoms with Crippen LogP contribution in [0.25, 0.3) is 22.3 Å². The maximum Gasteiger partial charge on any atom is 0.472 e. The normalized spacial score (nSPS) is 37.4. The van der Waals surface area contributed by atoms with Crippen LogP contribution in [0.1, 0.15) is 12.5 Å². The highest BCUT2D eigenvalue weighted by molar-refractivity contribution is 7.52. The van der Waals surface area contributed by atoms with Crippen molar-refractivity contribution in [1.29, 1.82) is 0 Å². The van der Waals surface area contributed by atoms with E-state index in [0.717, 1.165) is 10.9 Å². The number of rotatable bonds is 2. The molecule has 0 amide bonds. The molecule has 3 fully saturated rings. The van der Waals surface area contributed by atoms with Crippen LogP contribution in [0.2, 0.25) is 0 Å². The fourth-order valence-corrected chi connectivity index (χ4v) is 7.22. The van der Waals surface area contributed by atoms with Crippen LogP contribution >= 0.6 is 15.4 Å². The molecule has 0 radical (unpaired) electrons. The number of phosphoric acid groups is 1. The number of fused-ring (bicyclic) bond motifs is 5. The second kappa shape index (κ2) is 11.4. The number of ether oxygens (including phenoxy) is 3. The number of hydrogen-bond acceptors (Lipinski definition) is 16. The first kappa shape index (κ1) is 31.2. The van der Waals surface area contributed by atoms with Gasteiger partial charge in [0.15, 0.2) is 35.4 Å². The number of nitrogens with zero attached hydrogens (tertiary/aromatic N) is 6. The number of imidazole rings is 2. The van der Waals surface area contributed by atoms with Crippen LogP contribution < -0.4 is 17.0 Å². The Morgan fingerprint density at radius 3 is 2.43 bits per heavy atom. The number of anilines is 2. The quantitative estimate of drug-likeness (QED) is 0.142. The summed E-state index contributed by atoms with van der Waals surface area (Å²) in [6.07, 6.45) is -10.3. The largest absolute Gasteiger partial charge is 0.472 e. The highest BCUT2D eigenvalue weighted by Gasteiger charge is 2.53. The summed E-state index contributed by atoms with van der Waals surface area (Å²) in [4.78, 5) is 52.0. The summed E-state index contributed by atoms with van der Waals surface area (Å²) >= 11 is 0. The molecule has 3 aliphatic rings. The highest BCUT2D eigenvalue weighted by Crippen LogP contribution is 2.52. The zero-order valence-electron chi connectivity index (χ0n) is 23.2. The number of nitrogens with one attached hydrogen (secondary N) is 1. The smallest absolute Gasteiger partial charge is 0.397 e. The molecule has 4 aromatic rings. The topological polar surface area (TPSA) is 297 Å². The van der Waals surface area contributed by atoms with Crippen molar-refractivity contribution in [2.24, 2.45) is 0 Å². The minimum Gasteiger partial charge on any atom is -0.397 e. The maximum absolute atomic E-state index is 15.8. The van der Waals surface area contributed by atoms with Crippen LogP contribution in [0.4, 0.5) is 16.0 Å². The Hall–Kier alpha value is -3.40. The standard InChI is InChI=1S/C22H26FN9O12P2/c23-11-9-3-40-45(35,36)7-39-15-10(43-20(14(15)33)31-5-27-12-8(24)1-2-26-17(12)31)4-41-46(37,38)44-16(11)21(42-9)32-6-28-13-18(32)29-22(25)30-19(13)34/h1-2,5-6,9-11,14-16,20-21,33H,3-4,7H2,(H2,24,26)(H,35,36)(H,37,38)(H3,25,29,30,34)/t9-,10-,11?,14+,15?,16+,20-,21-/m1/s1. The zero-order valence-corrected chi connectivity index (χ0v) is 25.0. The van der Waals surface area contributed by atoms with Crippen molar-refractivity contribution < 1.29 is 56.2 Å². The van der Waals surface area contributed by atoms with E-state index >= 15 is 4.39 Å². The van der Waals surface area contributed by atoms with E-state index in [2.05, 4.69) is 24.9 Å². The minimum absolute atomic E-state index is 0.174. The van der Waals surface area contributed by atoms with Crippen LogP contribution in [-0.4, -0.2) is 105 Å². The molecule has 8 N–H and O–H groups in total. The van der Waals surface area contributed by atoms with E-state index in [9.17, 15) is 28.8 Å². The van der Waals surface area contributed by atoms with Crippen LogP contribution in [0.3, 0.4) is 0 Å². The molecule has 4 aromatic heterocycles. The van der Waals surface area contributed by atoms with Gasteiger partial charge >= 0.3 is 15.4 Å². The summed E-state index contributed by atoms with van der Waals surface area (Å²) in [6, 6.07) is 1.52. The molecule has 248 valence electrons. The van der Waals surface area contributed by atoms with E-state index < -0.39 is 89.7 Å². The van der Waals surface area contributed by atoms with Crippen molar-refractivity contribution in [3.8, 4) is 0 Å². The third-order valence-electron chi connectivity index (χ3n) is 7.59. The summed E-state index contributed by atoms with van der Waals surface area (Å²) in [5.74, 6) is -0.309. The van der Waals surface area contributed by atoms with Gasteiger partial charge < -0.3 is 45.1 Å². The average Bonchev–Trinajstić information content (AvgIpc) is 3.75. The van der Waals surface area contributed by atoms with E-state index in [1.54, 1.807) is 0 Å². The van der Waals surface area contributed by atoms with Gasteiger partial charge in [-0.15, -0.1) is 0 Å². The molecule has 0 saturated carbocycles. The van der Waals surface area contributed by atoms with Crippen LogP contribution in [0, 0.1) is 0 Å². The number of pyridine rings is 1. The minimum atomic E-state index is -5.16. The molecule has 0 spiro atoms. The number of H-pyrrole nitrogens is 1. The van der Waals surface area contributed by atoms with Gasteiger partial charge in [-0.05, 0) is 6.07 Å². The van der Waals surface area contributed by atoms with Gasteiger partial charge in [0, 0.05) is 6.20 Å². The monoisotopic (exact) mass is 689 g/mol. The summed E-state index contributed by atoms with van der Waals surface area (Å²) in [5.41, 5.74) is 11.3. The molecule has 3 saturated heterocycles. The fraction of sp³-hybridized carbons (Fsp3) is 0.500. The maximum atomic E-state index is 15.8. The van der Waals surface area contributed by atoms with Gasteiger partial charge in [0.25, 0.3) is 5.56 Å². The number of phosphoric ester groups is 1. The Bertz CT molecular complexity index is 1960. The first-order valence-electron chi connectivity index (χ1n) is 13.5. The molecule has 46 heavy (non-hydrogen) atoms. The first-order valence-corrected chi connectivity index (χ1v) is 16.7. The lowest BCUT2D eigenvalue weighted by molar-refractivity contribution is -0.0624. The molecule has 0 aliphatic carbocycles. The van der Waals surface area contributed by atoms with E-state index in [-0.39, 0.29) is 22.8 Å². The summed E-state index contributed by atoms with van der Waals surface area (Å²) in [6.45, 7) is -1.64. The number of aromatic nitrogens is 7. The molecular formula is C22H26FN9O12P2. The van der Waals surface area contributed by atoms with E-state index in [0.29, 0.717) is 11.2 Å². The number of nitrogens with two attached hydrogens (primary N) is 2. The summed E-state index contributed by atoms with van der Waals surface area (Å²) < 4.78 is 76.9. The number of aliphatic hydroxyl groups is 1. The Balaban J connectivity index is 1.20. The fourth-order valence-electron chi connectivity index (χ4n) is 5.48. The SMILES string of the molecule is Nc1nc2c(ncn2[C@@H]2O[C@@H]3COP(=O)(O)COC4[C@@H](COP(=O)(O)O[C@H]2C3F)O[C@@H](n2cnc3c(N)ccnc32)[C@H]4O)c(=O)[nH]1.